The fourth-order valence-electron chi connectivity index (χ4n) is 3.11. The van der Waals surface area contributed by atoms with Crippen molar-refractivity contribution in [1.29, 1.82) is 0 Å². The lowest BCUT2D eigenvalue weighted by Gasteiger charge is -2.19. The maximum Gasteiger partial charge on any atom is 0.338 e. The van der Waals surface area contributed by atoms with Crippen LogP contribution in [0.4, 0.5) is 0 Å². The van der Waals surface area contributed by atoms with Crippen LogP contribution >= 0.6 is 11.8 Å². The van der Waals surface area contributed by atoms with Crippen LogP contribution in [-0.2, 0) is 19.0 Å². The minimum Gasteiger partial charge on any atom is -0.497 e. The average Bonchev–Trinajstić information content (AvgIpc) is 3.17. The van der Waals surface area contributed by atoms with Crippen LogP contribution in [-0.4, -0.2) is 55.5 Å². The lowest BCUT2D eigenvalue weighted by atomic mass is 10.1. The number of esters is 3. The first kappa shape index (κ1) is 23.5. The molecular formula is C23H24O8S. The van der Waals surface area contributed by atoms with Crippen molar-refractivity contribution in [3.05, 3.63) is 59.7 Å². The number of carbonyl (C=O) groups is 3. The molecule has 2 aromatic rings. The molecule has 170 valence electrons. The predicted molar refractivity (Wildman–Crippen MR) is 117 cm³/mol. The van der Waals surface area contributed by atoms with Crippen LogP contribution in [0.5, 0.6) is 11.5 Å². The third-order valence-electron chi connectivity index (χ3n) is 4.75. The summed E-state index contributed by atoms with van der Waals surface area (Å²) in [7, 11) is 3.08. The van der Waals surface area contributed by atoms with E-state index in [1.807, 2.05) is 0 Å². The van der Waals surface area contributed by atoms with Gasteiger partial charge in [0.05, 0.1) is 30.6 Å². The molecular weight excluding hydrogens is 436 g/mol. The number of methoxy groups -OCH3 is 2. The number of hydrogen-bond donors (Lipinski definition) is 0. The molecule has 1 aliphatic heterocycles. The first-order valence-electron chi connectivity index (χ1n) is 9.88. The Labute approximate surface area is 190 Å². The van der Waals surface area contributed by atoms with Gasteiger partial charge < -0.3 is 23.7 Å². The summed E-state index contributed by atoms with van der Waals surface area (Å²) in [4.78, 5) is 36.4. The van der Waals surface area contributed by atoms with E-state index in [4.69, 9.17) is 23.7 Å². The van der Waals surface area contributed by atoms with Gasteiger partial charge in [0.2, 0.25) is 0 Å². The fourth-order valence-corrected chi connectivity index (χ4v) is 4.48. The van der Waals surface area contributed by atoms with Crippen molar-refractivity contribution in [1.82, 2.24) is 0 Å². The molecule has 1 saturated heterocycles. The Morgan fingerprint density at radius 3 is 1.88 bits per heavy atom. The van der Waals surface area contributed by atoms with Crippen molar-refractivity contribution in [2.24, 2.45) is 0 Å². The standard InChI is InChI=1S/C23H24O8S/c1-14(24)30-21-12-19(31-23(26)16-6-10-18(28-3)11-7-16)20(32-21)13-29-22(25)15-4-8-17(27-2)9-5-15/h4-11,19-21H,12-13H2,1-3H3/t19-,20+,21?/m0/s1. The molecule has 2 aromatic carbocycles. The van der Waals surface area contributed by atoms with Crippen molar-refractivity contribution in [2.45, 2.75) is 30.1 Å². The summed E-state index contributed by atoms with van der Waals surface area (Å²) in [6.45, 7) is 1.31. The van der Waals surface area contributed by atoms with Crippen LogP contribution < -0.4 is 9.47 Å². The molecule has 32 heavy (non-hydrogen) atoms. The smallest absolute Gasteiger partial charge is 0.338 e. The maximum absolute atomic E-state index is 12.6. The van der Waals surface area contributed by atoms with Crippen LogP contribution in [0, 0.1) is 0 Å². The molecule has 0 spiro atoms. The molecule has 0 radical (unpaired) electrons. The summed E-state index contributed by atoms with van der Waals surface area (Å²) in [6, 6.07) is 13.1. The van der Waals surface area contributed by atoms with Crippen LogP contribution in [0.25, 0.3) is 0 Å². The number of ether oxygens (including phenoxy) is 5. The first-order valence-corrected chi connectivity index (χ1v) is 10.8. The largest absolute Gasteiger partial charge is 0.497 e. The SMILES string of the molecule is COc1ccc(C(=O)OC[C@H]2SC(OC(C)=O)C[C@@H]2OC(=O)c2ccc(OC)cc2)cc1. The summed E-state index contributed by atoms with van der Waals surface area (Å²) < 4.78 is 26.5. The lowest BCUT2D eigenvalue weighted by Crippen LogP contribution is -2.29. The highest BCUT2D eigenvalue weighted by molar-refractivity contribution is 8.00. The van der Waals surface area contributed by atoms with Gasteiger partial charge in [-0.15, -0.1) is 11.8 Å². The van der Waals surface area contributed by atoms with Gasteiger partial charge in [-0.2, -0.15) is 0 Å². The Kier molecular flexibility index (Phi) is 7.99. The van der Waals surface area contributed by atoms with Crippen molar-refractivity contribution in [2.75, 3.05) is 20.8 Å². The zero-order valence-electron chi connectivity index (χ0n) is 17.9. The van der Waals surface area contributed by atoms with Crippen LogP contribution in [0.2, 0.25) is 0 Å². The van der Waals surface area contributed by atoms with Gasteiger partial charge in [0.1, 0.15) is 24.2 Å². The Morgan fingerprint density at radius 1 is 0.844 bits per heavy atom. The van der Waals surface area contributed by atoms with Gasteiger partial charge in [-0.3, -0.25) is 4.79 Å². The summed E-state index contributed by atoms with van der Waals surface area (Å²) in [5, 5.41) is -0.385. The van der Waals surface area contributed by atoms with E-state index < -0.39 is 29.4 Å². The molecule has 1 fully saturated rings. The van der Waals surface area contributed by atoms with Gasteiger partial charge in [-0.25, -0.2) is 9.59 Å². The molecule has 0 N–H and O–H groups in total. The van der Waals surface area contributed by atoms with Gasteiger partial charge in [0.15, 0.2) is 5.44 Å². The normalized spacial score (nSPS) is 19.7. The Hall–Kier alpha value is -3.20. The highest BCUT2D eigenvalue weighted by Gasteiger charge is 2.40. The van der Waals surface area contributed by atoms with E-state index in [1.54, 1.807) is 48.5 Å². The number of rotatable bonds is 8. The molecule has 1 aliphatic rings. The molecule has 3 atom stereocenters. The topological polar surface area (TPSA) is 97.4 Å². The molecule has 1 unspecified atom stereocenters. The van der Waals surface area contributed by atoms with E-state index in [1.165, 1.54) is 32.9 Å². The van der Waals surface area contributed by atoms with Gasteiger partial charge in [-0.1, -0.05) is 0 Å². The third-order valence-corrected chi connectivity index (χ3v) is 6.13. The number of hydrogen-bond acceptors (Lipinski definition) is 9. The first-order chi connectivity index (χ1) is 15.4. The van der Waals surface area contributed by atoms with Gasteiger partial charge in [0.25, 0.3) is 0 Å². The second kappa shape index (κ2) is 10.9. The highest BCUT2D eigenvalue weighted by atomic mass is 32.2. The van der Waals surface area contributed by atoms with Crippen molar-refractivity contribution >= 4 is 29.7 Å². The Morgan fingerprint density at radius 2 is 1.38 bits per heavy atom. The van der Waals surface area contributed by atoms with Crippen LogP contribution in [0.15, 0.2) is 48.5 Å². The fraction of sp³-hybridized carbons (Fsp3) is 0.348. The average molecular weight is 461 g/mol. The third kappa shape index (κ3) is 6.16. The summed E-state index contributed by atoms with van der Waals surface area (Å²) in [5.74, 6) is -0.213. The zero-order valence-corrected chi connectivity index (χ0v) is 18.8. The minimum atomic E-state index is -0.595. The second-order valence-electron chi connectivity index (χ2n) is 6.95. The molecule has 0 bridgehead atoms. The number of benzene rings is 2. The van der Waals surface area contributed by atoms with E-state index >= 15 is 0 Å². The summed E-state index contributed by atoms with van der Waals surface area (Å²) in [5.41, 5.74) is 0.240. The molecule has 8 nitrogen and oxygen atoms in total. The molecule has 0 amide bonds. The van der Waals surface area contributed by atoms with Gasteiger partial charge in [-0.05, 0) is 48.5 Å². The van der Waals surface area contributed by atoms with E-state index in [2.05, 4.69) is 0 Å². The monoisotopic (exact) mass is 460 g/mol. The minimum absolute atomic E-state index is 0.00610. The quantitative estimate of drug-likeness (QED) is 0.433. The van der Waals surface area contributed by atoms with Crippen LogP contribution in [0.3, 0.4) is 0 Å². The van der Waals surface area contributed by atoms with E-state index in [0.717, 1.165) is 0 Å². The van der Waals surface area contributed by atoms with E-state index in [-0.39, 0.29) is 11.9 Å². The molecule has 0 aromatic heterocycles. The number of thioether (sulfide) groups is 1. The van der Waals surface area contributed by atoms with Gasteiger partial charge in [0, 0.05) is 13.3 Å². The lowest BCUT2D eigenvalue weighted by molar-refractivity contribution is -0.142. The van der Waals surface area contributed by atoms with E-state index in [0.29, 0.717) is 29.0 Å². The molecule has 3 rings (SSSR count). The summed E-state index contributed by atoms with van der Waals surface area (Å²) in [6.07, 6.45) is -0.292. The molecule has 0 aliphatic carbocycles. The molecule has 1 heterocycles. The van der Waals surface area contributed by atoms with Gasteiger partial charge >= 0.3 is 17.9 Å². The second-order valence-corrected chi connectivity index (χ2v) is 8.35. The van der Waals surface area contributed by atoms with Crippen molar-refractivity contribution < 1.29 is 38.1 Å². The van der Waals surface area contributed by atoms with Crippen LogP contribution in [0.1, 0.15) is 34.1 Å². The predicted octanol–water partition coefficient (Wildman–Crippen LogP) is 3.48. The Balaban J connectivity index is 1.64. The maximum atomic E-state index is 12.6. The van der Waals surface area contributed by atoms with E-state index in [9.17, 15) is 14.4 Å². The molecule has 0 saturated carbocycles. The Bertz CT molecular complexity index is 941. The van der Waals surface area contributed by atoms with Crippen molar-refractivity contribution in [3.8, 4) is 11.5 Å². The number of carbonyl (C=O) groups excluding carboxylic acids is 3. The summed E-state index contributed by atoms with van der Waals surface area (Å²) >= 11 is 1.30. The zero-order chi connectivity index (χ0) is 23.1. The highest BCUT2D eigenvalue weighted by Crippen LogP contribution is 2.37. The molecule has 9 heteroatoms. The van der Waals surface area contributed by atoms with Crippen molar-refractivity contribution in [3.63, 3.8) is 0 Å².